The maximum Gasteiger partial charge on any atom is 0.221 e. The van der Waals surface area contributed by atoms with Crippen molar-refractivity contribution in [3.05, 3.63) is 58.7 Å². The van der Waals surface area contributed by atoms with Gasteiger partial charge < -0.3 is 15.4 Å². The summed E-state index contributed by atoms with van der Waals surface area (Å²) in [5.74, 6) is 0.550. The van der Waals surface area contributed by atoms with E-state index in [1.807, 2.05) is 18.2 Å². The number of nitrogens with one attached hydrogen (secondary N) is 2. The van der Waals surface area contributed by atoms with Crippen molar-refractivity contribution in [1.29, 1.82) is 0 Å². The van der Waals surface area contributed by atoms with Crippen molar-refractivity contribution in [3.63, 3.8) is 0 Å². The summed E-state index contributed by atoms with van der Waals surface area (Å²) < 4.78 is 5.33. The van der Waals surface area contributed by atoms with E-state index in [4.69, 9.17) is 4.74 Å². The first-order valence-corrected chi connectivity index (χ1v) is 8.61. The maximum absolute atomic E-state index is 11.4. The maximum atomic E-state index is 11.4. The molecule has 1 amide bonds. The van der Waals surface area contributed by atoms with Gasteiger partial charge in [-0.2, -0.15) is 0 Å². The highest BCUT2D eigenvalue weighted by molar-refractivity contribution is 5.90. The van der Waals surface area contributed by atoms with Crippen LogP contribution in [0.3, 0.4) is 0 Å². The van der Waals surface area contributed by atoms with Crippen LogP contribution in [0.5, 0.6) is 5.75 Å². The molecule has 0 aliphatic heterocycles. The zero-order chi connectivity index (χ0) is 18.6. The minimum absolute atomic E-state index is 0.111. The number of methoxy groups -OCH3 is 1. The van der Waals surface area contributed by atoms with Crippen LogP contribution in [0.2, 0.25) is 0 Å². The quantitative estimate of drug-likeness (QED) is 0.802. The van der Waals surface area contributed by atoms with Crippen LogP contribution in [0.25, 0.3) is 0 Å². The van der Waals surface area contributed by atoms with E-state index in [9.17, 15) is 4.79 Å². The summed E-state index contributed by atoms with van der Waals surface area (Å²) in [4.78, 5) is 11.4. The van der Waals surface area contributed by atoms with Crippen molar-refractivity contribution in [2.75, 3.05) is 12.4 Å². The second-order valence-corrected chi connectivity index (χ2v) is 6.54. The van der Waals surface area contributed by atoms with E-state index in [-0.39, 0.29) is 18.0 Å². The zero-order valence-corrected chi connectivity index (χ0v) is 15.9. The van der Waals surface area contributed by atoms with E-state index in [2.05, 4.69) is 56.5 Å². The van der Waals surface area contributed by atoms with Crippen LogP contribution >= 0.6 is 0 Å². The topological polar surface area (TPSA) is 50.4 Å². The molecule has 134 valence electrons. The fraction of sp³-hybridized carbons (Fsp3) is 0.381. The average Bonchev–Trinajstić information content (AvgIpc) is 2.56. The third kappa shape index (κ3) is 4.60. The second kappa shape index (κ2) is 8.17. The van der Waals surface area contributed by atoms with Gasteiger partial charge in [-0.3, -0.25) is 4.79 Å². The summed E-state index contributed by atoms with van der Waals surface area (Å²) in [6.07, 6.45) is 0. The van der Waals surface area contributed by atoms with Crippen molar-refractivity contribution >= 4 is 11.6 Å². The van der Waals surface area contributed by atoms with Gasteiger partial charge in [-0.05, 0) is 62.1 Å². The Morgan fingerprint density at radius 3 is 2.44 bits per heavy atom. The highest BCUT2D eigenvalue weighted by Gasteiger charge is 2.15. The summed E-state index contributed by atoms with van der Waals surface area (Å²) in [6.45, 7) is 10.1. The second-order valence-electron chi connectivity index (χ2n) is 6.54. The first kappa shape index (κ1) is 19.0. The summed E-state index contributed by atoms with van der Waals surface area (Å²) in [7, 11) is 1.60. The predicted molar refractivity (Wildman–Crippen MR) is 103 cm³/mol. The van der Waals surface area contributed by atoms with E-state index in [1.165, 1.54) is 23.6 Å². The highest BCUT2D eigenvalue weighted by atomic mass is 16.5. The van der Waals surface area contributed by atoms with E-state index in [0.717, 1.165) is 5.56 Å². The standard InChI is InChI=1S/C21H28N2O2/c1-13-8-7-9-19(14(13)2)16(4)22-15(3)18-10-11-21(25-6)20(12-18)23-17(5)24/h7-12,15-16,22H,1-6H3,(H,23,24)/t15-,16-/m0/s1. The van der Waals surface area contributed by atoms with Crippen molar-refractivity contribution in [1.82, 2.24) is 5.32 Å². The Kier molecular flexibility index (Phi) is 6.21. The zero-order valence-electron chi connectivity index (χ0n) is 15.9. The molecule has 2 rings (SSSR count). The van der Waals surface area contributed by atoms with E-state index < -0.39 is 0 Å². The molecule has 0 saturated carbocycles. The minimum atomic E-state index is -0.111. The lowest BCUT2D eigenvalue weighted by molar-refractivity contribution is -0.114. The largest absolute Gasteiger partial charge is 0.495 e. The smallest absolute Gasteiger partial charge is 0.221 e. The molecule has 2 aromatic carbocycles. The molecule has 0 radical (unpaired) electrons. The third-order valence-corrected chi connectivity index (χ3v) is 4.65. The summed E-state index contributed by atoms with van der Waals surface area (Å²) >= 11 is 0. The fourth-order valence-electron chi connectivity index (χ4n) is 3.09. The number of aryl methyl sites for hydroxylation is 1. The van der Waals surface area contributed by atoms with Gasteiger partial charge in [0.25, 0.3) is 0 Å². The van der Waals surface area contributed by atoms with Crippen LogP contribution < -0.4 is 15.4 Å². The third-order valence-electron chi connectivity index (χ3n) is 4.65. The van der Waals surface area contributed by atoms with Gasteiger partial charge >= 0.3 is 0 Å². The lowest BCUT2D eigenvalue weighted by atomic mass is 9.97. The van der Waals surface area contributed by atoms with Crippen LogP contribution in [0.4, 0.5) is 5.69 Å². The molecule has 0 fully saturated rings. The Balaban J connectivity index is 2.21. The average molecular weight is 340 g/mol. The molecule has 0 aliphatic carbocycles. The molecule has 4 nitrogen and oxygen atoms in total. The summed E-state index contributed by atoms with van der Waals surface area (Å²) in [5.41, 5.74) is 5.73. The van der Waals surface area contributed by atoms with E-state index in [0.29, 0.717) is 11.4 Å². The Labute approximate surface area is 150 Å². The van der Waals surface area contributed by atoms with Crippen LogP contribution in [0.15, 0.2) is 36.4 Å². The van der Waals surface area contributed by atoms with E-state index in [1.54, 1.807) is 7.11 Å². The normalized spacial score (nSPS) is 13.2. The van der Waals surface area contributed by atoms with Gasteiger partial charge in [-0.1, -0.05) is 24.3 Å². The molecular formula is C21H28N2O2. The highest BCUT2D eigenvalue weighted by Crippen LogP contribution is 2.29. The van der Waals surface area contributed by atoms with Crippen molar-refractivity contribution in [2.45, 2.75) is 46.7 Å². The van der Waals surface area contributed by atoms with Crippen LogP contribution in [0, 0.1) is 13.8 Å². The Bertz CT molecular complexity index is 756. The lowest BCUT2D eigenvalue weighted by Gasteiger charge is -2.23. The number of hydrogen-bond acceptors (Lipinski definition) is 3. The molecule has 0 aromatic heterocycles. The van der Waals surface area contributed by atoms with E-state index >= 15 is 0 Å². The Hall–Kier alpha value is -2.33. The molecule has 0 bridgehead atoms. The molecule has 2 atom stereocenters. The van der Waals surface area contributed by atoms with Crippen molar-refractivity contribution < 1.29 is 9.53 Å². The van der Waals surface area contributed by atoms with Gasteiger partial charge in [0, 0.05) is 19.0 Å². The minimum Gasteiger partial charge on any atom is -0.495 e. The van der Waals surface area contributed by atoms with Crippen molar-refractivity contribution in [2.24, 2.45) is 0 Å². The number of ether oxygens (including phenoxy) is 1. The fourth-order valence-corrected chi connectivity index (χ4v) is 3.09. The monoisotopic (exact) mass is 340 g/mol. The molecule has 2 N–H and O–H groups in total. The van der Waals surface area contributed by atoms with Gasteiger partial charge in [-0.15, -0.1) is 0 Å². The summed E-state index contributed by atoms with van der Waals surface area (Å²) in [6, 6.07) is 12.6. The lowest BCUT2D eigenvalue weighted by Crippen LogP contribution is -2.23. The Morgan fingerprint density at radius 1 is 1.08 bits per heavy atom. The number of anilines is 1. The molecule has 25 heavy (non-hydrogen) atoms. The van der Waals surface area contributed by atoms with Gasteiger partial charge in [0.15, 0.2) is 0 Å². The number of rotatable bonds is 6. The van der Waals surface area contributed by atoms with Crippen LogP contribution in [-0.4, -0.2) is 13.0 Å². The van der Waals surface area contributed by atoms with Gasteiger partial charge in [0.05, 0.1) is 12.8 Å². The molecule has 0 unspecified atom stereocenters. The Morgan fingerprint density at radius 2 is 1.80 bits per heavy atom. The van der Waals surface area contributed by atoms with Gasteiger partial charge in [0.2, 0.25) is 5.91 Å². The van der Waals surface area contributed by atoms with Gasteiger partial charge in [0.1, 0.15) is 5.75 Å². The van der Waals surface area contributed by atoms with Crippen LogP contribution in [0.1, 0.15) is 55.1 Å². The predicted octanol–water partition coefficient (Wildman–Crippen LogP) is 4.68. The number of amides is 1. The first-order valence-electron chi connectivity index (χ1n) is 8.61. The van der Waals surface area contributed by atoms with Crippen LogP contribution in [-0.2, 0) is 4.79 Å². The van der Waals surface area contributed by atoms with Crippen molar-refractivity contribution in [3.8, 4) is 5.75 Å². The summed E-state index contributed by atoms with van der Waals surface area (Å²) in [5, 5.41) is 6.47. The number of benzene rings is 2. The first-order chi connectivity index (χ1) is 11.8. The molecule has 0 heterocycles. The molecule has 0 spiro atoms. The van der Waals surface area contributed by atoms with Gasteiger partial charge in [-0.25, -0.2) is 0 Å². The number of carbonyl (C=O) groups excluding carboxylic acids is 1. The number of hydrogen-bond donors (Lipinski definition) is 2. The SMILES string of the molecule is COc1ccc([C@H](C)N[C@@H](C)c2cccc(C)c2C)cc1NC(C)=O. The number of carbonyl (C=O) groups is 1. The molecule has 4 heteroatoms. The molecular weight excluding hydrogens is 312 g/mol. The molecule has 0 saturated heterocycles. The molecule has 2 aromatic rings. The molecule has 0 aliphatic rings.